The van der Waals surface area contributed by atoms with Gasteiger partial charge in [0, 0.05) is 12.2 Å². The van der Waals surface area contributed by atoms with E-state index in [2.05, 4.69) is 43.5 Å². The van der Waals surface area contributed by atoms with E-state index >= 15 is 0 Å². The number of hydrogen-bond donors (Lipinski definition) is 3. The van der Waals surface area contributed by atoms with Gasteiger partial charge in [0.1, 0.15) is 6.04 Å². The van der Waals surface area contributed by atoms with E-state index < -0.39 is 12.0 Å². The monoisotopic (exact) mass is 264 g/mol. The Balaban J connectivity index is 2.78. The molecule has 19 heavy (non-hydrogen) atoms. The van der Waals surface area contributed by atoms with E-state index in [9.17, 15) is 4.79 Å². The Morgan fingerprint density at radius 1 is 1.37 bits per heavy atom. The number of carboxylic acids is 1. The number of anilines is 1. The number of hydrogen-bond acceptors (Lipinski definition) is 3. The van der Waals surface area contributed by atoms with Gasteiger partial charge < -0.3 is 15.7 Å². The van der Waals surface area contributed by atoms with Crippen LogP contribution in [0.1, 0.15) is 31.9 Å². The van der Waals surface area contributed by atoms with Crippen molar-refractivity contribution in [3.8, 4) is 0 Å². The predicted octanol–water partition coefficient (Wildman–Crippen LogP) is 2.38. The number of carboxylic acid groups (broad SMARTS) is 1. The summed E-state index contributed by atoms with van der Waals surface area (Å²) < 4.78 is 0. The third-order valence-electron chi connectivity index (χ3n) is 3.24. The zero-order valence-electron chi connectivity index (χ0n) is 12.4. The van der Waals surface area contributed by atoms with Gasteiger partial charge in [-0.25, -0.2) is 0 Å². The topological polar surface area (TPSA) is 61.4 Å². The summed E-state index contributed by atoms with van der Waals surface area (Å²) in [5.41, 5.74) is 3.51. The second kappa shape index (κ2) is 6.06. The lowest BCUT2D eigenvalue weighted by Crippen LogP contribution is -2.39. The molecule has 0 aliphatic rings. The molecular formula is C15H24N2O2. The van der Waals surface area contributed by atoms with Crippen LogP contribution in [0.4, 0.5) is 5.69 Å². The van der Waals surface area contributed by atoms with Gasteiger partial charge in [0.15, 0.2) is 0 Å². The maximum absolute atomic E-state index is 10.9. The molecule has 0 aromatic heterocycles. The Morgan fingerprint density at radius 3 is 2.42 bits per heavy atom. The first-order chi connectivity index (χ1) is 8.75. The molecule has 0 aliphatic carbocycles. The molecular weight excluding hydrogens is 240 g/mol. The number of rotatable bonds is 5. The molecule has 1 rings (SSSR count). The number of nitrogens with one attached hydrogen (secondary N) is 2. The number of aliphatic carboxylic acids is 1. The molecule has 0 fully saturated rings. The molecule has 1 unspecified atom stereocenters. The van der Waals surface area contributed by atoms with Crippen LogP contribution in [-0.2, 0) is 10.2 Å². The molecule has 1 aromatic carbocycles. The van der Waals surface area contributed by atoms with Crippen molar-refractivity contribution < 1.29 is 9.90 Å². The van der Waals surface area contributed by atoms with Crippen molar-refractivity contribution >= 4 is 11.7 Å². The maximum atomic E-state index is 10.9. The Morgan fingerprint density at radius 2 is 2.00 bits per heavy atom. The first kappa shape index (κ1) is 15.5. The molecule has 0 saturated heterocycles. The van der Waals surface area contributed by atoms with Crippen molar-refractivity contribution in [1.29, 1.82) is 0 Å². The van der Waals surface area contributed by atoms with Crippen molar-refractivity contribution in [2.45, 2.75) is 39.2 Å². The standard InChI is InChI=1S/C15H24N2O2/c1-10-8-11(15(2,3)4)6-7-12(10)17-9-13(16-5)14(18)19/h6-8,13,16-17H,9H2,1-5H3,(H,18,19). The van der Waals surface area contributed by atoms with E-state index in [1.165, 1.54) is 5.56 Å². The maximum Gasteiger partial charge on any atom is 0.322 e. The predicted molar refractivity (Wildman–Crippen MR) is 78.9 cm³/mol. The van der Waals surface area contributed by atoms with Crippen LogP contribution in [-0.4, -0.2) is 30.7 Å². The van der Waals surface area contributed by atoms with Crippen molar-refractivity contribution in [3.05, 3.63) is 29.3 Å². The minimum absolute atomic E-state index is 0.123. The van der Waals surface area contributed by atoms with Crippen molar-refractivity contribution in [1.82, 2.24) is 5.32 Å². The number of carbonyl (C=O) groups is 1. The highest BCUT2D eigenvalue weighted by molar-refractivity contribution is 5.74. The molecule has 0 bridgehead atoms. The fourth-order valence-corrected chi connectivity index (χ4v) is 1.85. The summed E-state index contributed by atoms with van der Waals surface area (Å²) >= 11 is 0. The second-order valence-corrected chi connectivity index (χ2v) is 5.84. The molecule has 0 aliphatic heterocycles. The molecule has 3 N–H and O–H groups in total. The lowest BCUT2D eigenvalue weighted by atomic mass is 9.86. The Labute approximate surface area is 115 Å². The lowest BCUT2D eigenvalue weighted by molar-refractivity contribution is -0.138. The van der Waals surface area contributed by atoms with Crippen LogP contribution in [0.3, 0.4) is 0 Å². The van der Waals surface area contributed by atoms with Gasteiger partial charge in [-0.2, -0.15) is 0 Å². The van der Waals surface area contributed by atoms with Gasteiger partial charge in [-0.05, 0) is 36.6 Å². The molecule has 4 heteroatoms. The van der Waals surface area contributed by atoms with Gasteiger partial charge in [0.2, 0.25) is 0 Å². The Bertz CT molecular complexity index is 450. The minimum Gasteiger partial charge on any atom is -0.480 e. The van der Waals surface area contributed by atoms with Gasteiger partial charge in [-0.15, -0.1) is 0 Å². The van der Waals surface area contributed by atoms with Crippen molar-refractivity contribution in [2.24, 2.45) is 0 Å². The van der Waals surface area contributed by atoms with Crippen molar-refractivity contribution in [2.75, 3.05) is 18.9 Å². The second-order valence-electron chi connectivity index (χ2n) is 5.84. The third kappa shape index (κ3) is 4.24. The van der Waals surface area contributed by atoms with E-state index in [1.54, 1.807) is 7.05 Å². The van der Waals surface area contributed by atoms with Crippen LogP contribution in [0, 0.1) is 6.92 Å². The molecule has 1 aromatic rings. The van der Waals surface area contributed by atoms with Crippen LogP contribution in [0.25, 0.3) is 0 Å². The van der Waals surface area contributed by atoms with E-state index in [0.717, 1.165) is 11.3 Å². The van der Waals surface area contributed by atoms with Crippen LogP contribution in [0.15, 0.2) is 18.2 Å². The highest BCUT2D eigenvalue weighted by Crippen LogP contribution is 2.26. The van der Waals surface area contributed by atoms with Crippen LogP contribution in [0.5, 0.6) is 0 Å². The normalized spacial score (nSPS) is 13.1. The number of aryl methyl sites for hydroxylation is 1. The zero-order valence-corrected chi connectivity index (χ0v) is 12.4. The summed E-state index contributed by atoms with van der Waals surface area (Å²) in [6.07, 6.45) is 0. The third-order valence-corrected chi connectivity index (χ3v) is 3.24. The first-order valence-corrected chi connectivity index (χ1v) is 6.50. The fourth-order valence-electron chi connectivity index (χ4n) is 1.85. The van der Waals surface area contributed by atoms with E-state index in [4.69, 9.17) is 5.11 Å². The molecule has 0 spiro atoms. The van der Waals surface area contributed by atoms with Gasteiger partial charge in [0.25, 0.3) is 0 Å². The molecule has 0 amide bonds. The molecule has 0 radical (unpaired) electrons. The van der Waals surface area contributed by atoms with Gasteiger partial charge in [-0.3, -0.25) is 4.79 Å². The SMILES string of the molecule is CNC(CNc1ccc(C(C)(C)C)cc1C)C(=O)O. The minimum atomic E-state index is -0.848. The molecule has 106 valence electrons. The summed E-state index contributed by atoms with van der Waals surface area (Å²) in [4.78, 5) is 10.9. The lowest BCUT2D eigenvalue weighted by Gasteiger charge is -2.21. The summed E-state index contributed by atoms with van der Waals surface area (Å²) in [6.45, 7) is 8.93. The summed E-state index contributed by atoms with van der Waals surface area (Å²) in [5, 5.41) is 14.9. The molecule has 4 nitrogen and oxygen atoms in total. The van der Waals surface area contributed by atoms with E-state index in [-0.39, 0.29) is 5.41 Å². The first-order valence-electron chi connectivity index (χ1n) is 6.50. The Hall–Kier alpha value is -1.55. The summed E-state index contributed by atoms with van der Waals surface area (Å²) in [6, 6.07) is 5.67. The van der Waals surface area contributed by atoms with Gasteiger partial charge >= 0.3 is 5.97 Å². The molecule has 0 saturated carbocycles. The smallest absolute Gasteiger partial charge is 0.322 e. The Kier molecular flexibility index (Phi) is 4.95. The average molecular weight is 264 g/mol. The average Bonchev–Trinajstić information content (AvgIpc) is 2.29. The highest BCUT2D eigenvalue weighted by Gasteiger charge is 2.16. The van der Waals surface area contributed by atoms with Crippen LogP contribution < -0.4 is 10.6 Å². The van der Waals surface area contributed by atoms with E-state index in [1.807, 2.05) is 13.0 Å². The molecule has 1 atom stereocenters. The van der Waals surface area contributed by atoms with Crippen LogP contribution in [0.2, 0.25) is 0 Å². The summed E-state index contributed by atoms with van der Waals surface area (Å²) in [5.74, 6) is -0.848. The summed E-state index contributed by atoms with van der Waals surface area (Å²) in [7, 11) is 1.65. The van der Waals surface area contributed by atoms with Gasteiger partial charge in [-0.1, -0.05) is 32.9 Å². The van der Waals surface area contributed by atoms with E-state index in [0.29, 0.717) is 6.54 Å². The molecule has 0 heterocycles. The largest absolute Gasteiger partial charge is 0.480 e. The zero-order chi connectivity index (χ0) is 14.6. The van der Waals surface area contributed by atoms with Gasteiger partial charge in [0.05, 0.1) is 0 Å². The van der Waals surface area contributed by atoms with Crippen LogP contribution >= 0.6 is 0 Å². The fraction of sp³-hybridized carbons (Fsp3) is 0.533. The highest BCUT2D eigenvalue weighted by atomic mass is 16.4. The number of benzene rings is 1. The quantitative estimate of drug-likeness (QED) is 0.764. The number of likely N-dealkylation sites (N-methyl/N-ethyl adjacent to an activating group) is 1. The van der Waals surface area contributed by atoms with Crippen molar-refractivity contribution in [3.63, 3.8) is 0 Å².